The van der Waals surface area contributed by atoms with Gasteiger partial charge in [0, 0.05) is 81.1 Å². The number of fused-ring (bicyclic) bond motifs is 2. The van der Waals surface area contributed by atoms with Crippen LogP contribution in [0.5, 0.6) is 0 Å². The monoisotopic (exact) mass is 545 g/mol. The summed E-state index contributed by atoms with van der Waals surface area (Å²) in [5.41, 5.74) is 4.43. The number of hydrogen-bond donors (Lipinski definition) is 4. The number of carbonyl (C=O) groups excluding carboxylic acids is 3. The molecular weight excluding hydrogens is 506 g/mol. The van der Waals surface area contributed by atoms with Crippen LogP contribution in [-0.2, 0) is 22.4 Å². The molecule has 1 aromatic heterocycles. The van der Waals surface area contributed by atoms with Crippen LogP contribution in [0.1, 0.15) is 18.1 Å². The molecule has 1 fully saturated rings. The molecule has 0 spiro atoms. The molecule has 2 aromatic carbocycles. The molecular formula is C30H39N7O3. The standard InChI is InChI=1S/C30H39N7O3/c1-20(38)33-26-9-6-10-28-24(26)15-21(18-35(2)3)19-37(28)29(39)27(34-30(40)36-13-11-31-12-14-36)16-22-17-32-25-8-5-4-7-23(22)25/h4-10,17,21,27,31-32H,11-16,18-19H2,1-3H3,(H,33,38)(H,34,40)/t21?,27-/m1/s1. The molecule has 5 rings (SSSR count). The number of aromatic amines is 1. The van der Waals surface area contributed by atoms with E-state index in [0.29, 0.717) is 26.1 Å². The molecule has 10 heteroatoms. The number of urea groups is 1. The Morgan fingerprint density at radius 3 is 2.60 bits per heavy atom. The molecule has 0 radical (unpaired) electrons. The van der Waals surface area contributed by atoms with Gasteiger partial charge in [-0.25, -0.2) is 4.79 Å². The van der Waals surface area contributed by atoms with Crippen molar-refractivity contribution in [3.8, 4) is 0 Å². The maximum atomic E-state index is 14.5. The number of aromatic nitrogens is 1. The van der Waals surface area contributed by atoms with Gasteiger partial charge in [0.25, 0.3) is 0 Å². The zero-order valence-electron chi connectivity index (χ0n) is 23.5. The third kappa shape index (κ3) is 6.13. The van der Waals surface area contributed by atoms with Crippen LogP contribution in [0, 0.1) is 5.92 Å². The van der Waals surface area contributed by atoms with E-state index in [1.54, 1.807) is 4.90 Å². The number of piperazine rings is 1. The Hall–Kier alpha value is -3.89. The quantitative estimate of drug-likeness (QED) is 0.364. The summed E-state index contributed by atoms with van der Waals surface area (Å²) < 4.78 is 0. The molecule has 3 heterocycles. The Balaban J connectivity index is 1.50. The fourth-order valence-electron chi connectivity index (χ4n) is 5.92. The van der Waals surface area contributed by atoms with Crippen molar-refractivity contribution in [1.82, 2.24) is 25.4 Å². The first-order valence-corrected chi connectivity index (χ1v) is 14.0. The second-order valence-electron chi connectivity index (χ2n) is 11.1. The molecule has 0 saturated carbocycles. The zero-order valence-corrected chi connectivity index (χ0v) is 23.5. The summed E-state index contributed by atoms with van der Waals surface area (Å²) in [4.78, 5) is 48.8. The Kier molecular flexibility index (Phi) is 8.37. The molecule has 0 bridgehead atoms. The van der Waals surface area contributed by atoms with E-state index in [1.165, 1.54) is 6.92 Å². The lowest BCUT2D eigenvalue weighted by molar-refractivity contribution is -0.120. The number of nitrogens with zero attached hydrogens (tertiary/aromatic N) is 3. The maximum Gasteiger partial charge on any atom is 0.318 e. The van der Waals surface area contributed by atoms with Crippen LogP contribution in [0.25, 0.3) is 10.9 Å². The number of nitrogens with one attached hydrogen (secondary N) is 4. The van der Waals surface area contributed by atoms with Crippen molar-refractivity contribution in [3.05, 3.63) is 59.8 Å². The molecule has 2 aliphatic rings. The van der Waals surface area contributed by atoms with Crippen molar-refractivity contribution in [2.45, 2.75) is 25.8 Å². The van der Waals surface area contributed by atoms with Gasteiger partial charge in [0.1, 0.15) is 6.04 Å². The minimum Gasteiger partial charge on any atom is -0.361 e. The van der Waals surface area contributed by atoms with Crippen molar-refractivity contribution in [3.63, 3.8) is 0 Å². The Bertz CT molecular complexity index is 1380. The molecule has 40 heavy (non-hydrogen) atoms. The molecule has 1 saturated heterocycles. The second kappa shape index (κ2) is 12.1. The number of amides is 4. The smallest absolute Gasteiger partial charge is 0.318 e. The molecule has 3 aromatic rings. The summed E-state index contributed by atoms with van der Waals surface area (Å²) in [7, 11) is 4.05. The maximum absolute atomic E-state index is 14.5. The Labute approximate surface area is 235 Å². The number of benzene rings is 2. The summed E-state index contributed by atoms with van der Waals surface area (Å²) in [6.45, 7) is 5.46. The fourth-order valence-corrected chi connectivity index (χ4v) is 5.92. The molecule has 1 unspecified atom stereocenters. The predicted molar refractivity (Wildman–Crippen MR) is 158 cm³/mol. The summed E-state index contributed by atoms with van der Waals surface area (Å²) >= 11 is 0. The second-order valence-corrected chi connectivity index (χ2v) is 11.1. The van der Waals surface area contributed by atoms with Crippen molar-refractivity contribution >= 4 is 40.1 Å². The molecule has 0 aliphatic carbocycles. The van der Waals surface area contributed by atoms with E-state index in [0.717, 1.165) is 59.5 Å². The highest BCUT2D eigenvalue weighted by Gasteiger charge is 2.35. The van der Waals surface area contributed by atoms with Gasteiger partial charge in [-0.15, -0.1) is 0 Å². The fraction of sp³-hybridized carbons (Fsp3) is 0.433. The number of anilines is 2. The SMILES string of the molecule is CC(=O)Nc1cccc2c1CC(CN(C)C)CN2C(=O)[C@@H](Cc1c[nH]c2ccccc12)NC(=O)N1CCNCC1. The first-order chi connectivity index (χ1) is 19.3. The van der Waals surface area contributed by atoms with E-state index in [2.05, 4.69) is 25.8 Å². The van der Waals surface area contributed by atoms with Crippen LogP contribution in [0.2, 0.25) is 0 Å². The van der Waals surface area contributed by atoms with E-state index < -0.39 is 6.04 Å². The molecule has 4 N–H and O–H groups in total. The van der Waals surface area contributed by atoms with Gasteiger partial charge in [-0.1, -0.05) is 24.3 Å². The Morgan fingerprint density at radius 2 is 1.85 bits per heavy atom. The summed E-state index contributed by atoms with van der Waals surface area (Å²) in [5.74, 6) is -0.140. The largest absolute Gasteiger partial charge is 0.361 e. The normalized spacial score (nSPS) is 17.9. The highest BCUT2D eigenvalue weighted by Crippen LogP contribution is 2.36. The van der Waals surface area contributed by atoms with Crippen molar-refractivity contribution < 1.29 is 14.4 Å². The van der Waals surface area contributed by atoms with Gasteiger partial charge < -0.3 is 35.6 Å². The average molecular weight is 546 g/mol. The summed E-state index contributed by atoms with van der Waals surface area (Å²) in [5, 5.41) is 10.3. The summed E-state index contributed by atoms with van der Waals surface area (Å²) in [6.07, 6.45) is 3.03. The predicted octanol–water partition coefficient (Wildman–Crippen LogP) is 2.42. The third-order valence-electron chi connectivity index (χ3n) is 7.67. The van der Waals surface area contributed by atoms with Gasteiger partial charge in [0.15, 0.2) is 0 Å². The van der Waals surface area contributed by atoms with E-state index >= 15 is 0 Å². The lowest BCUT2D eigenvalue weighted by Gasteiger charge is -2.39. The summed E-state index contributed by atoms with van der Waals surface area (Å²) in [6, 6.07) is 12.7. The third-order valence-corrected chi connectivity index (χ3v) is 7.67. The average Bonchev–Trinajstić information content (AvgIpc) is 3.35. The molecule has 4 amide bonds. The molecule has 2 aliphatic heterocycles. The van der Waals surface area contributed by atoms with Crippen LogP contribution >= 0.6 is 0 Å². The number of para-hydroxylation sites is 1. The van der Waals surface area contributed by atoms with Crippen molar-refractivity contribution in [2.24, 2.45) is 5.92 Å². The zero-order chi connectivity index (χ0) is 28.2. The highest BCUT2D eigenvalue weighted by atomic mass is 16.2. The molecule has 2 atom stereocenters. The van der Waals surface area contributed by atoms with Crippen LogP contribution in [0.3, 0.4) is 0 Å². The van der Waals surface area contributed by atoms with Crippen LogP contribution in [0.15, 0.2) is 48.7 Å². The van der Waals surface area contributed by atoms with Crippen LogP contribution < -0.4 is 20.9 Å². The van der Waals surface area contributed by atoms with Crippen LogP contribution in [-0.4, -0.2) is 92.0 Å². The number of carbonyl (C=O) groups is 3. The van der Waals surface area contributed by atoms with E-state index in [1.807, 2.05) is 67.7 Å². The van der Waals surface area contributed by atoms with Gasteiger partial charge in [0.2, 0.25) is 11.8 Å². The molecule has 10 nitrogen and oxygen atoms in total. The van der Waals surface area contributed by atoms with Gasteiger partial charge in [-0.05, 0) is 55.8 Å². The van der Waals surface area contributed by atoms with Gasteiger partial charge in [0.05, 0.1) is 0 Å². The lowest BCUT2D eigenvalue weighted by atomic mass is 9.89. The van der Waals surface area contributed by atoms with Gasteiger partial charge in [-0.2, -0.15) is 0 Å². The lowest BCUT2D eigenvalue weighted by Crippen LogP contribution is -2.57. The Morgan fingerprint density at radius 1 is 1.07 bits per heavy atom. The number of hydrogen-bond acceptors (Lipinski definition) is 5. The highest BCUT2D eigenvalue weighted by molar-refractivity contribution is 6.02. The van der Waals surface area contributed by atoms with Gasteiger partial charge >= 0.3 is 6.03 Å². The van der Waals surface area contributed by atoms with E-state index in [-0.39, 0.29) is 23.8 Å². The topological polar surface area (TPSA) is 113 Å². The van der Waals surface area contributed by atoms with Crippen molar-refractivity contribution in [1.29, 1.82) is 0 Å². The van der Waals surface area contributed by atoms with Crippen LogP contribution in [0.4, 0.5) is 16.2 Å². The number of H-pyrrole nitrogens is 1. The van der Waals surface area contributed by atoms with Gasteiger partial charge in [-0.3, -0.25) is 9.59 Å². The minimum atomic E-state index is -0.767. The van der Waals surface area contributed by atoms with Crippen molar-refractivity contribution in [2.75, 3.05) is 63.6 Å². The first kappa shape index (κ1) is 27.7. The number of rotatable bonds is 7. The van der Waals surface area contributed by atoms with E-state index in [4.69, 9.17) is 0 Å². The minimum absolute atomic E-state index is 0.151. The molecule has 212 valence electrons. The first-order valence-electron chi connectivity index (χ1n) is 14.0. The van der Waals surface area contributed by atoms with E-state index in [9.17, 15) is 14.4 Å².